The van der Waals surface area contributed by atoms with Gasteiger partial charge in [0.2, 0.25) is 5.88 Å². The molecule has 0 aliphatic carbocycles. The average molecular weight is 367 g/mol. The van der Waals surface area contributed by atoms with Gasteiger partial charge in [0.05, 0.1) is 6.61 Å². The van der Waals surface area contributed by atoms with Gasteiger partial charge in [0.15, 0.2) is 0 Å². The number of hydrogen-bond acceptors (Lipinski definition) is 5. The van der Waals surface area contributed by atoms with Gasteiger partial charge in [-0.3, -0.25) is 0 Å². The molecule has 2 rings (SSSR count). The van der Waals surface area contributed by atoms with Crippen molar-refractivity contribution in [1.82, 2.24) is 4.98 Å². The number of nitriles is 1. The summed E-state index contributed by atoms with van der Waals surface area (Å²) < 4.78 is 10.9. The van der Waals surface area contributed by atoms with E-state index >= 15 is 0 Å². The van der Waals surface area contributed by atoms with Crippen LogP contribution in [0.1, 0.15) is 39.2 Å². The molecular formula is C22H29N3O2. The lowest BCUT2D eigenvalue weighted by Gasteiger charge is -2.24. The zero-order chi connectivity index (χ0) is 19.5. The molecule has 0 N–H and O–H groups in total. The first-order valence-electron chi connectivity index (χ1n) is 9.70. The van der Waals surface area contributed by atoms with Gasteiger partial charge in [0.1, 0.15) is 18.2 Å². The highest BCUT2D eigenvalue weighted by Gasteiger charge is 2.13. The Hall–Kier alpha value is -2.58. The summed E-state index contributed by atoms with van der Waals surface area (Å²) in [7, 11) is 0. The zero-order valence-electron chi connectivity index (χ0n) is 16.6. The predicted octanol–water partition coefficient (Wildman–Crippen LogP) is 4.66. The summed E-state index contributed by atoms with van der Waals surface area (Å²) in [6.45, 7) is 9.91. The lowest BCUT2D eigenvalue weighted by Crippen LogP contribution is -2.24. The van der Waals surface area contributed by atoms with Gasteiger partial charge < -0.3 is 14.4 Å². The standard InChI is InChI=1S/C22H29N3O2/c1-4-13-25(14-5-2)19-9-7-18(8-10-19)20-11-12-24-22(21(20)17-23)27-16-15-26-6-3/h7-12H,4-6,13-16H2,1-3H3. The van der Waals surface area contributed by atoms with Crippen molar-refractivity contribution in [3.63, 3.8) is 0 Å². The third-order valence-electron chi connectivity index (χ3n) is 4.23. The number of rotatable bonds is 11. The number of hydrogen-bond donors (Lipinski definition) is 0. The molecule has 0 saturated carbocycles. The fourth-order valence-electron chi connectivity index (χ4n) is 3.00. The van der Waals surface area contributed by atoms with E-state index in [1.54, 1.807) is 6.20 Å². The Kier molecular flexibility index (Phi) is 8.60. The van der Waals surface area contributed by atoms with E-state index < -0.39 is 0 Å². The molecule has 2 aromatic rings. The van der Waals surface area contributed by atoms with Crippen molar-refractivity contribution in [1.29, 1.82) is 5.26 Å². The molecule has 0 saturated heterocycles. The largest absolute Gasteiger partial charge is 0.474 e. The molecule has 0 bridgehead atoms. The Morgan fingerprint density at radius 3 is 2.30 bits per heavy atom. The normalized spacial score (nSPS) is 10.4. The quantitative estimate of drug-likeness (QED) is 0.541. The molecule has 0 unspecified atom stereocenters. The molecule has 5 heteroatoms. The molecule has 27 heavy (non-hydrogen) atoms. The second-order valence-corrected chi connectivity index (χ2v) is 6.23. The van der Waals surface area contributed by atoms with Gasteiger partial charge in [-0.25, -0.2) is 4.98 Å². The van der Waals surface area contributed by atoms with Gasteiger partial charge in [0, 0.05) is 37.1 Å². The van der Waals surface area contributed by atoms with E-state index in [0.29, 0.717) is 31.3 Å². The molecule has 5 nitrogen and oxygen atoms in total. The predicted molar refractivity (Wildman–Crippen MR) is 109 cm³/mol. The second-order valence-electron chi connectivity index (χ2n) is 6.23. The molecule has 1 heterocycles. The van der Waals surface area contributed by atoms with E-state index in [9.17, 15) is 5.26 Å². The van der Waals surface area contributed by atoms with Gasteiger partial charge in [-0.15, -0.1) is 0 Å². The molecule has 0 amide bonds. The maximum atomic E-state index is 9.64. The Morgan fingerprint density at radius 1 is 1.00 bits per heavy atom. The summed E-state index contributed by atoms with van der Waals surface area (Å²) >= 11 is 0. The first-order valence-corrected chi connectivity index (χ1v) is 9.70. The van der Waals surface area contributed by atoms with Gasteiger partial charge >= 0.3 is 0 Å². The summed E-state index contributed by atoms with van der Waals surface area (Å²) in [6, 6.07) is 12.5. The summed E-state index contributed by atoms with van der Waals surface area (Å²) in [5, 5.41) is 9.64. The van der Waals surface area contributed by atoms with Gasteiger partial charge in [-0.05, 0) is 43.5 Å². The lowest BCUT2D eigenvalue weighted by molar-refractivity contribution is 0.108. The Balaban J connectivity index is 2.23. The molecule has 0 fully saturated rings. The van der Waals surface area contributed by atoms with Crippen molar-refractivity contribution < 1.29 is 9.47 Å². The SMILES string of the molecule is CCCN(CCC)c1ccc(-c2ccnc(OCCOCC)c2C#N)cc1. The van der Waals surface area contributed by atoms with Crippen LogP contribution in [-0.4, -0.2) is 37.9 Å². The van der Waals surface area contributed by atoms with Crippen LogP contribution in [0.4, 0.5) is 5.69 Å². The van der Waals surface area contributed by atoms with Crippen molar-refractivity contribution in [3.8, 4) is 23.1 Å². The van der Waals surface area contributed by atoms with Crippen LogP contribution in [0.2, 0.25) is 0 Å². The van der Waals surface area contributed by atoms with E-state index in [0.717, 1.165) is 37.1 Å². The average Bonchev–Trinajstić information content (AvgIpc) is 2.71. The summed E-state index contributed by atoms with van der Waals surface area (Å²) in [6.07, 6.45) is 3.92. The molecule has 0 atom stereocenters. The fraction of sp³-hybridized carbons (Fsp3) is 0.455. The van der Waals surface area contributed by atoms with E-state index in [2.05, 4.69) is 54.1 Å². The first-order chi connectivity index (χ1) is 13.2. The van der Waals surface area contributed by atoms with E-state index in [1.165, 1.54) is 5.69 Å². The molecule has 0 radical (unpaired) electrons. The van der Waals surface area contributed by atoms with Crippen LogP contribution in [0.15, 0.2) is 36.5 Å². The minimum absolute atomic E-state index is 0.359. The molecule has 0 aliphatic rings. The van der Waals surface area contributed by atoms with Crippen LogP contribution < -0.4 is 9.64 Å². The van der Waals surface area contributed by atoms with Gasteiger partial charge in [-0.2, -0.15) is 5.26 Å². The Morgan fingerprint density at radius 2 is 1.70 bits per heavy atom. The summed E-state index contributed by atoms with van der Waals surface area (Å²) in [4.78, 5) is 6.61. The molecule has 1 aromatic heterocycles. The van der Waals surface area contributed by atoms with Crippen molar-refractivity contribution in [2.24, 2.45) is 0 Å². The third-order valence-corrected chi connectivity index (χ3v) is 4.23. The zero-order valence-corrected chi connectivity index (χ0v) is 16.6. The number of pyridine rings is 1. The lowest BCUT2D eigenvalue weighted by atomic mass is 10.0. The number of aromatic nitrogens is 1. The first kappa shape index (κ1) is 20.7. The highest BCUT2D eigenvalue weighted by atomic mass is 16.5. The van der Waals surface area contributed by atoms with E-state index in [-0.39, 0.29) is 0 Å². The summed E-state index contributed by atoms with van der Waals surface area (Å²) in [5.41, 5.74) is 3.49. The van der Waals surface area contributed by atoms with Crippen molar-refractivity contribution in [2.45, 2.75) is 33.6 Å². The third kappa shape index (κ3) is 5.70. The second kappa shape index (κ2) is 11.2. The number of nitrogens with zero attached hydrogens (tertiary/aromatic N) is 3. The maximum Gasteiger partial charge on any atom is 0.232 e. The van der Waals surface area contributed by atoms with Crippen LogP contribution in [0.3, 0.4) is 0 Å². The number of anilines is 1. The van der Waals surface area contributed by atoms with Crippen LogP contribution >= 0.6 is 0 Å². The minimum Gasteiger partial charge on any atom is -0.474 e. The van der Waals surface area contributed by atoms with Crippen LogP contribution in [0.25, 0.3) is 11.1 Å². The van der Waals surface area contributed by atoms with E-state index in [4.69, 9.17) is 9.47 Å². The summed E-state index contributed by atoms with van der Waals surface area (Å²) in [5.74, 6) is 0.359. The minimum atomic E-state index is 0.359. The smallest absolute Gasteiger partial charge is 0.232 e. The van der Waals surface area contributed by atoms with Crippen LogP contribution in [0.5, 0.6) is 5.88 Å². The maximum absolute atomic E-state index is 9.64. The molecule has 0 aliphatic heterocycles. The Bertz CT molecular complexity index is 732. The molecule has 1 aromatic carbocycles. The van der Waals surface area contributed by atoms with E-state index in [1.807, 2.05) is 13.0 Å². The fourth-order valence-corrected chi connectivity index (χ4v) is 3.00. The van der Waals surface area contributed by atoms with Crippen molar-refractivity contribution in [3.05, 3.63) is 42.1 Å². The van der Waals surface area contributed by atoms with Crippen LogP contribution in [-0.2, 0) is 4.74 Å². The van der Waals surface area contributed by atoms with Crippen molar-refractivity contribution >= 4 is 5.69 Å². The van der Waals surface area contributed by atoms with Gasteiger partial charge in [0.25, 0.3) is 0 Å². The monoisotopic (exact) mass is 367 g/mol. The molecule has 0 spiro atoms. The van der Waals surface area contributed by atoms with Crippen molar-refractivity contribution in [2.75, 3.05) is 37.8 Å². The molecule has 144 valence electrons. The van der Waals surface area contributed by atoms with Gasteiger partial charge in [-0.1, -0.05) is 26.0 Å². The number of ether oxygens (including phenoxy) is 2. The highest BCUT2D eigenvalue weighted by Crippen LogP contribution is 2.30. The highest BCUT2D eigenvalue weighted by molar-refractivity contribution is 5.73. The van der Waals surface area contributed by atoms with Crippen LogP contribution in [0, 0.1) is 11.3 Å². The molecular weight excluding hydrogens is 338 g/mol. The number of benzene rings is 1. The topological polar surface area (TPSA) is 58.4 Å². The Labute approximate surface area is 162 Å².